The average molecular weight is 509 g/mol. The van der Waals surface area contributed by atoms with Crippen molar-refractivity contribution in [2.24, 2.45) is 0 Å². The Labute approximate surface area is 210 Å². The molecule has 0 spiro atoms. The minimum Gasteiger partial charge on any atom is -0.481 e. The van der Waals surface area contributed by atoms with Gasteiger partial charge in [-0.05, 0) is 48.9 Å². The molecule has 0 saturated heterocycles. The molecule has 1 unspecified atom stereocenters. The van der Waals surface area contributed by atoms with Crippen molar-refractivity contribution in [3.05, 3.63) is 108 Å². The van der Waals surface area contributed by atoms with Gasteiger partial charge in [-0.2, -0.15) is 4.31 Å². The van der Waals surface area contributed by atoms with Gasteiger partial charge in [-0.25, -0.2) is 13.4 Å². The summed E-state index contributed by atoms with van der Waals surface area (Å²) < 4.78 is 40.4. The third kappa shape index (κ3) is 6.50. The predicted molar refractivity (Wildman–Crippen MR) is 134 cm³/mol. The fourth-order valence-corrected chi connectivity index (χ4v) is 5.66. The van der Waals surface area contributed by atoms with E-state index in [9.17, 15) is 13.2 Å². The summed E-state index contributed by atoms with van der Waals surface area (Å²) in [5.74, 6) is -0.515. The van der Waals surface area contributed by atoms with E-state index in [1.165, 1.54) is 35.4 Å². The van der Waals surface area contributed by atoms with Crippen LogP contribution in [0.4, 0.5) is 0 Å². The van der Waals surface area contributed by atoms with Crippen molar-refractivity contribution in [3.63, 3.8) is 0 Å². The van der Waals surface area contributed by atoms with E-state index in [4.69, 9.17) is 14.6 Å². The first kappa shape index (κ1) is 25.4. The summed E-state index contributed by atoms with van der Waals surface area (Å²) in [7, 11) is -4.05. The summed E-state index contributed by atoms with van der Waals surface area (Å²) in [6, 6.07) is 11.4. The second-order valence-electron chi connectivity index (χ2n) is 8.49. The van der Waals surface area contributed by atoms with E-state index in [0.29, 0.717) is 18.6 Å². The van der Waals surface area contributed by atoms with Crippen LogP contribution < -0.4 is 0 Å². The highest BCUT2D eigenvalue weighted by Gasteiger charge is 2.37. The summed E-state index contributed by atoms with van der Waals surface area (Å²) in [6.45, 7) is 0.0397. The molecule has 0 saturated carbocycles. The predicted octanol–water partition coefficient (Wildman–Crippen LogP) is 4.68. The van der Waals surface area contributed by atoms with Crippen LogP contribution in [-0.4, -0.2) is 34.8 Å². The first-order chi connectivity index (χ1) is 17.4. The number of carboxylic acids is 1. The number of nitrogens with zero attached hydrogens (tertiary/aromatic N) is 2. The third-order valence-corrected chi connectivity index (χ3v) is 7.69. The van der Waals surface area contributed by atoms with Gasteiger partial charge in [0.15, 0.2) is 10.8 Å². The third-order valence-electron chi connectivity index (χ3n) is 5.92. The molecule has 4 rings (SSSR count). The summed E-state index contributed by atoms with van der Waals surface area (Å²) >= 11 is 0. The molecule has 0 amide bonds. The summed E-state index contributed by atoms with van der Waals surface area (Å²) in [5, 5.41) is 8.99. The molecule has 2 aliphatic rings. The van der Waals surface area contributed by atoms with E-state index in [1.807, 2.05) is 36.4 Å². The number of carbonyl (C=O) groups is 1. The van der Waals surface area contributed by atoms with Crippen LogP contribution in [-0.2, 0) is 37.3 Å². The molecule has 1 aliphatic heterocycles. The molecule has 1 aromatic carbocycles. The Morgan fingerprint density at radius 2 is 2.00 bits per heavy atom. The van der Waals surface area contributed by atoms with E-state index in [0.717, 1.165) is 29.5 Å². The molecule has 0 fully saturated rings. The SMILES string of the molecule is O=C(O)CCc1cccc(CN(C(CC2=CC=CCC2)C2=COC=CO2)S(=O)(=O)c2ccccn2)c1. The van der Waals surface area contributed by atoms with E-state index < -0.39 is 22.0 Å². The molecule has 0 bridgehead atoms. The number of aromatic nitrogens is 1. The second-order valence-corrected chi connectivity index (χ2v) is 10.3. The fraction of sp³-hybridized carbons (Fsp3) is 0.259. The Bertz CT molecular complexity index is 1300. The van der Waals surface area contributed by atoms with Gasteiger partial charge >= 0.3 is 5.97 Å². The standard InChI is InChI=1S/C27H28N2O6S/c30-27(31)13-12-22-9-6-10-23(17-22)19-29(36(32,33)26-11-4-5-14-28-26)24(25-20-34-15-16-35-25)18-21-7-2-1-3-8-21/h1-2,4-7,9-11,14-17,20,24H,3,8,12-13,18-19H2,(H,30,31). The number of hydrogen-bond donors (Lipinski definition) is 1. The molecule has 8 nitrogen and oxygen atoms in total. The molecule has 1 aromatic heterocycles. The molecule has 1 aliphatic carbocycles. The molecular weight excluding hydrogens is 480 g/mol. The molecule has 1 atom stereocenters. The largest absolute Gasteiger partial charge is 0.481 e. The van der Waals surface area contributed by atoms with Gasteiger partial charge in [0.2, 0.25) is 0 Å². The van der Waals surface area contributed by atoms with E-state index in [2.05, 4.69) is 11.1 Å². The number of benzene rings is 1. The number of allylic oxidation sites excluding steroid dienone is 3. The maximum atomic E-state index is 14.0. The van der Waals surface area contributed by atoms with E-state index in [1.54, 1.807) is 12.1 Å². The smallest absolute Gasteiger partial charge is 0.303 e. The maximum absolute atomic E-state index is 14.0. The Hall–Kier alpha value is -3.69. The average Bonchev–Trinajstić information content (AvgIpc) is 2.91. The number of carboxylic acid groups (broad SMARTS) is 1. The Kier molecular flexibility index (Phi) is 8.35. The molecule has 188 valence electrons. The number of rotatable bonds is 11. The minimum absolute atomic E-state index is 0.00585. The number of ether oxygens (including phenoxy) is 2. The monoisotopic (exact) mass is 508 g/mol. The van der Waals surface area contributed by atoms with Crippen LogP contribution in [0.25, 0.3) is 0 Å². The number of sulfonamides is 1. The van der Waals surface area contributed by atoms with Gasteiger partial charge in [0, 0.05) is 19.2 Å². The van der Waals surface area contributed by atoms with Gasteiger partial charge in [0.05, 0.1) is 6.04 Å². The number of pyridine rings is 1. The lowest BCUT2D eigenvalue weighted by Gasteiger charge is -2.33. The number of hydrogen-bond acceptors (Lipinski definition) is 6. The topological polar surface area (TPSA) is 106 Å². The van der Waals surface area contributed by atoms with Crippen molar-refractivity contribution in [2.75, 3.05) is 0 Å². The highest BCUT2D eigenvalue weighted by Crippen LogP contribution is 2.31. The normalized spacial score (nSPS) is 16.0. The zero-order valence-corrected chi connectivity index (χ0v) is 20.5. The molecule has 1 N–H and O–H groups in total. The lowest BCUT2D eigenvalue weighted by atomic mass is 9.96. The van der Waals surface area contributed by atoms with Crippen molar-refractivity contribution in [3.8, 4) is 0 Å². The molecule has 36 heavy (non-hydrogen) atoms. The highest BCUT2D eigenvalue weighted by atomic mass is 32.2. The van der Waals surface area contributed by atoms with Crippen LogP contribution in [0, 0.1) is 0 Å². The van der Waals surface area contributed by atoms with Crippen molar-refractivity contribution >= 4 is 16.0 Å². The molecule has 2 aromatic rings. The van der Waals surface area contributed by atoms with Crippen LogP contribution in [0.3, 0.4) is 0 Å². The van der Waals surface area contributed by atoms with Crippen molar-refractivity contribution < 1.29 is 27.8 Å². The molecule has 9 heteroatoms. The first-order valence-corrected chi connectivity index (χ1v) is 13.1. The zero-order valence-electron chi connectivity index (χ0n) is 19.7. The lowest BCUT2D eigenvalue weighted by molar-refractivity contribution is -0.136. The van der Waals surface area contributed by atoms with Gasteiger partial charge in [0.25, 0.3) is 10.0 Å². The van der Waals surface area contributed by atoms with Crippen molar-refractivity contribution in [2.45, 2.75) is 49.7 Å². The Morgan fingerprint density at radius 1 is 1.14 bits per heavy atom. The van der Waals surface area contributed by atoms with Crippen LogP contribution in [0.5, 0.6) is 0 Å². The van der Waals surface area contributed by atoms with Gasteiger partial charge in [-0.3, -0.25) is 4.79 Å². The Balaban J connectivity index is 1.75. The van der Waals surface area contributed by atoms with Gasteiger partial charge < -0.3 is 14.6 Å². The van der Waals surface area contributed by atoms with Crippen LogP contribution >= 0.6 is 0 Å². The maximum Gasteiger partial charge on any atom is 0.303 e. The van der Waals surface area contributed by atoms with Crippen molar-refractivity contribution in [1.29, 1.82) is 0 Å². The van der Waals surface area contributed by atoms with Crippen LogP contribution in [0.2, 0.25) is 0 Å². The fourth-order valence-electron chi connectivity index (χ4n) is 4.14. The summed E-state index contributed by atoms with van der Waals surface area (Å²) in [5.41, 5.74) is 2.65. The lowest BCUT2D eigenvalue weighted by Crippen LogP contribution is -2.42. The highest BCUT2D eigenvalue weighted by molar-refractivity contribution is 7.89. The Morgan fingerprint density at radius 3 is 2.69 bits per heavy atom. The molecule has 0 radical (unpaired) electrons. The minimum atomic E-state index is -4.05. The summed E-state index contributed by atoms with van der Waals surface area (Å²) in [6.07, 6.45) is 14.2. The van der Waals surface area contributed by atoms with E-state index in [-0.39, 0.29) is 18.0 Å². The number of aryl methyl sites for hydroxylation is 1. The molecular formula is C27H28N2O6S. The van der Waals surface area contributed by atoms with Gasteiger partial charge in [0.1, 0.15) is 18.8 Å². The first-order valence-electron chi connectivity index (χ1n) is 11.7. The van der Waals surface area contributed by atoms with Crippen molar-refractivity contribution in [1.82, 2.24) is 9.29 Å². The summed E-state index contributed by atoms with van der Waals surface area (Å²) in [4.78, 5) is 15.2. The second kappa shape index (κ2) is 11.8. The quantitative estimate of drug-likeness (QED) is 0.470. The number of aliphatic carboxylic acids is 1. The van der Waals surface area contributed by atoms with Gasteiger partial charge in [-0.1, -0.05) is 54.1 Å². The van der Waals surface area contributed by atoms with Crippen LogP contribution in [0.1, 0.15) is 36.8 Å². The van der Waals surface area contributed by atoms with Crippen LogP contribution in [0.15, 0.2) is 102 Å². The van der Waals surface area contributed by atoms with Gasteiger partial charge in [-0.15, -0.1) is 0 Å². The van der Waals surface area contributed by atoms with E-state index >= 15 is 0 Å². The zero-order chi connectivity index (χ0) is 25.4. The molecule has 2 heterocycles.